The number of aromatic amines is 1. The normalized spacial score (nSPS) is 11.0. The molecule has 2 aromatic carbocycles. The molecule has 0 saturated heterocycles. The average Bonchev–Trinajstić information content (AvgIpc) is 2.91. The highest BCUT2D eigenvalue weighted by molar-refractivity contribution is 9.10. The summed E-state index contributed by atoms with van der Waals surface area (Å²) in [5.41, 5.74) is 4.44. The third-order valence-corrected chi connectivity index (χ3v) is 4.30. The number of para-hydroxylation sites is 1. The maximum atomic E-state index is 12.5. The molecule has 0 aliphatic carbocycles. The van der Waals surface area contributed by atoms with Gasteiger partial charge in [-0.2, -0.15) is 5.10 Å². The Morgan fingerprint density at radius 1 is 1.16 bits per heavy atom. The molecule has 0 spiro atoms. The molecule has 0 aliphatic heterocycles. The number of carbonyl (C=O) groups excluding carboxylic acids is 1. The zero-order valence-corrected chi connectivity index (χ0v) is 14.9. The number of rotatable bonds is 4. The second-order valence-corrected chi connectivity index (χ2v) is 6.16. The Labute approximate surface area is 152 Å². The zero-order chi connectivity index (χ0) is 17.8. The number of hydrogen-bond donors (Lipinski definition) is 2. The fraction of sp³-hybridized carbons (Fsp3) is 0.0556. The van der Waals surface area contributed by atoms with Gasteiger partial charge in [0.1, 0.15) is 0 Å². The average molecular weight is 399 g/mol. The van der Waals surface area contributed by atoms with Crippen LogP contribution in [-0.4, -0.2) is 21.9 Å². The highest BCUT2D eigenvalue weighted by atomic mass is 79.9. The van der Waals surface area contributed by atoms with Gasteiger partial charge < -0.3 is 0 Å². The van der Waals surface area contributed by atoms with Crippen LogP contribution in [0.5, 0.6) is 0 Å². The lowest BCUT2D eigenvalue weighted by Gasteiger charge is -2.01. The van der Waals surface area contributed by atoms with Gasteiger partial charge in [0.15, 0.2) is 0 Å². The van der Waals surface area contributed by atoms with Crippen molar-refractivity contribution < 1.29 is 4.79 Å². The molecule has 0 fully saturated rings. The lowest BCUT2D eigenvalue weighted by atomic mass is 10.2. The first-order chi connectivity index (χ1) is 12.1. The second kappa shape index (κ2) is 7.31. The largest absolute Gasteiger partial charge is 0.295 e. The molecular weight excluding hydrogens is 384 g/mol. The fourth-order valence-electron chi connectivity index (χ4n) is 2.33. The number of carbonyl (C=O) groups is 1. The van der Waals surface area contributed by atoms with Gasteiger partial charge in [0.2, 0.25) is 0 Å². The van der Waals surface area contributed by atoms with E-state index < -0.39 is 0 Å². The van der Waals surface area contributed by atoms with Crippen LogP contribution < -0.4 is 11.0 Å². The van der Waals surface area contributed by atoms with Crippen molar-refractivity contribution in [3.8, 4) is 5.69 Å². The first-order valence-electron chi connectivity index (χ1n) is 7.53. The molecule has 25 heavy (non-hydrogen) atoms. The van der Waals surface area contributed by atoms with Crippen LogP contribution in [-0.2, 0) is 0 Å². The van der Waals surface area contributed by atoms with Crippen LogP contribution in [0.15, 0.2) is 69.0 Å². The molecule has 0 radical (unpaired) electrons. The van der Waals surface area contributed by atoms with Crippen LogP contribution in [0.2, 0.25) is 0 Å². The topological polar surface area (TPSA) is 79.2 Å². The maximum absolute atomic E-state index is 12.5. The number of aryl methyl sites for hydroxylation is 1. The molecule has 126 valence electrons. The molecular formula is C18H15BrN4O2. The van der Waals surface area contributed by atoms with E-state index in [9.17, 15) is 9.59 Å². The van der Waals surface area contributed by atoms with E-state index >= 15 is 0 Å². The van der Waals surface area contributed by atoms with Gasteiger partial charge in [0.05, 0.1) is 23.0 Å². The van der Waals surface area contributed by atoms with Crippen LogP contribution in [0.25, 0.3) is 5.69 Å². The van der Waals surface area contributed by atoms with E-state index in [-0.39, 0.29) is 11.5 Å². The van der Waals surface area contributed by atoms with Gasteiger partial charge in [-0.05, 0) is 47.1 Å². The van der Waals surface area contributed by atoms with Crippen molar-refractivity contribution in [3.05, 3.63) is 86.2 Å². The van der Waals surface area contributed by atoms with Crippen LogP contribution in [0.4, 0.5) is 0 Å². The summed E-state index contributed by atoms with van der Waals surface area (Å²) in [4.78, 5) is 24.6. The van der Waals surface area contributed by atoms with Crippen molar-refractivity contribution in [2.45, 2.75) is 6.92 Å². The maximum Gasteiger partial charge on any atom is 0.280 e. The summed E-state index contributed by atoms with van der Waals surface area (Å²) in [6.45, 7) is 1.78. The summed E-state index contributed by atoms with van der Waals surface area (Å²) in [6, 6.07) is 16.3. The van der Waals surface area contributed by atoms with Crippen molar-refractivity contribution in [2.24, 2.45) is 5.10 Å². The van der Waals surface area contributed by atoms with Crippen molar-refractivity contribution in [1.29, 1.82) is 0 Å². The molecule has 0 atom stereocenters. The highest BCUT2D eigenvalue weighted by Gasteiger charge is 2.11. The third-order valence-electron chi connectivity index (χ3n) is 3.61. The van der Waals surface area contributed by atoms with E-state index in [1.807, 2.05) is 36.4 Å². The van der Waals surface area contributed by atoms with E-state index in [0.29, 0.717) is 21.3 Å². The minimum absolute atomic E-state index is 0.234. The van der Waals surface area contributed by atoms with Gasteiger partial charge in [-0.3, -0.25) is 14.7 Å². The Bertz CT molecular complexity index is 990. The van der Waals surface area contributed by atoms with Gasteiger partial charge in [0.25, 0.3) is 11.5 Å². The number of hydrazone groups is 1. The first kappa shape index (κ1) is 16.9. The molecule has 0 unspecified atom stereocenters. The highest BCUT2D eigenvalue weighted by Crippen LogP contribution is 2.15. The number of nitrogens with zero attached hydrogens (tertiary/aromatic N) is 2. The lowest BCUT2D eigenvalue weighted by molar-refractivity contribution is 0.0954. The summed E-state index contributed by atoms with van der Waals surface area (Å²) < 4.78 is 2.11. The van der Waals surface area contributed by atoms with Crippen LogP contribution in [0.1, 0.15) is 21.6 Å². The Kier molecular flexibility index (Phi) is 4.95. The predicted molar refractivity (Wildman–Crippen MR) is 100 cm³/mol. The van der Waals surface area contributed by atoms with E-state index in [0.717, 1.165) is 5.69 Å². The minimum Gasteiger partial charge on any atom is -0.295 e. The number of aromatic nitrogens is 2. The number of benzene rings is 2. The standard InChI is InChI=1S/C18H15BrN4O2/c1-12-15(18(25)23(22-12)13-7-3-2-4-8-13)11-20-21-17(24)14-9-5-6-10-16(14)19/h2-11,22H,1H3,(H,21,24). The first-order valence-corrected chi connectivity index (χ1v) is 8.32. The molecule has 7 heteroatoms. The SMILES string of the molecule is Cc1[nH]n(-c2ccccc2)c(=O)c1C=NNC(=O)c1ccccc1Br. The van der Waals surface area contributed by atoms with Crippen molar-refractivity contribution in [3.63, 3.8) is 0 Å². The third kappa shape index (κ3) is 3.61. The lowest BCUT2D eigenvalue weighted by Crippen LogP contribution is -2.20. The van der Waals surface area contributed by atoms with Gasteiger partial charge in [-0.25, -0.2) is 10.1 Å². The summed E-state index contributed by atoms with van der Waals surface area (Å²) in [6.07, 6.45) is 1.35. The monoisotopic (exact) mass is 398 g/mol. The van der Waals surface area contributed by atoms with Gasteiger partial charge in [0, 0.05) is 10.2 Å². The number of H-pyrrole nitrogens is 1. The van der Waals surface area contributed by atoms with Gasteiger partial charge in [-0.15, -0.1) is 0 Å². The molecule has 0 aliphatic rings. The Morgan fingerprint density at radius 3 is 2.56 bits per heavy atom. The summed E-state index contributed by atoms with van der Waals surface area (Å²) in [5.74, 6) is -0.361. The molecule has 0 saturated carbocycles. The molecule has 3 aromatic rings. The Morgan fingerprint density at radius 2 is 1.84 bits per heavy atom. The second-order valence-electron chi connectivity index (χ2n) is 5.31. The molecule has 6 nitrogen and oxygen atoms in total. The van der Waals surface area contributed by atoms with Crippen molar-refractivity contribution >= 4 is 28.1 Å². The van der Waals surface area contributed by atoms with Gasteiger partial charge >= 0.3 is 0 Å². The number of halogens is 1. The van der Waals surface area contributed by atoms with E-state index in [1.54, 1.807) is 25.1 Å². The molecule has 1 aromatic heterocycles. The number of hydrogen-bond acceptors (Lipinski definition) is 3. The molecule has 0 bridgehead atoms. The van der Waals surface area contributed by atoms with Gasteiger partial charge in [-0.1, -0.05) is 30.3 Å². The van der Waals surface area contributed by atoms with E-state index in [4.69, 9.17) is 0 Å². The Hall–Kier alpha value is -2.93. The summed E-state index contributed by atoms with van der Waals surface area (Å²) in [7, 11) is 0. The minimum atomic E-state index is -0.361. The summed E-state index contributed by atoms with van der Waals surface area (Å²) in [5, 5.41) is 6.91. The van der Waals surface area contributed by atoms with Crippen molar-refractivity contribution in [2.75, 3.05) is 0 Å². The smallest absolute Gasteiger partial charge is 0.280 e. The molecule has 3 rings (SSSR count). The molecule has 1 amide bonds. The van der Waals surface area contributed by atoms with Crippen molar-refractivity contribution in [1.82, 2.24) is 15.2 Å². The van der Waals surface area contributed by atoms with E-state index in [2.05, 4.69) is 31.6 Å². The predicted octanol–water partition coefficient (Wildman–Crippen LogP) is 3.00. The number of amides is 1. The fourth-order valence-corrected chi connectivity index (χ4v) is 2.80. The Balaban J connectivity index is 1.81. The zero-order valence-electron chi connectivity index (χ0n) is 13.4. The van der Waals surface area contributed by atoms with Crippen LogP contribution in [0, 0.1) is 6.92 Å². The number of nitrogens with one attached hydrogen (secondary N) is 2. The van der Waals surface area contributed by atoms with Crippen LogP contribution in [0.3, 0.4) is 0 Å². The van der Waals surface area contributed by atoms with E-state index in [1.165, 1.54) is 10.9 Å². The van der Waals surface area contributed by atoms with Crippen LogP contribution >= 0.6 is 15.9 Å². The summed E-state index contributed by atoms with van der Waals surface area (Å²) >= 11 is 3.32. The molecule has 1 heterocycles. The quantitative estimate of drug-likeness (QED) is 0.523. The molecule has 2 N–H and O–H groups in total.